The summed E-state index contributed by atoms with van der Waals surface area (Å²) in [6.45, 7) is 8.05. The second-order valence-corrected chi connectivity index (χ2v) is 7.60. The van der Waals surface area contributed by atoms with Gasteiger partial charge in [-0.3, -0.25) is 14.7 Å². The Morgan fingerprint density at radius 3 is 2.59 bits per heavy atom. The summed E-state index contributed by atoms with van der Waals surface area (Å²) in [6, 6.07) is 16.1. The number of nitrogens with zero attached hydrogens (tertiary/aromatic N) is 3. The van der Waals surface area contributed by atoms with E-state index in [1.165, 1.54) is 0 Å². The number of hydrogen-bond donors (Lipinski definition) is 0. The number of carbonyl (C=O) groups excluding carboxylic acids is 1. The molecular formula is C22H29N3O2. The first kappa shape index (κ1) is 19.5. The van der Waals surface area contributed by atoms with Crippen molar-refractivity contribution in [2.24, 2.45) is 5.92 Å². The van der Waals surface area contributed by atoms with Crippen molar-refractivity contribution in [3.05, 3.63) is 66.0 Å². The van der Waals surface area contributed by atoms with Gasteiger partial charge in [-0.15, -0.1) is 0 Å². The maximum atomic E-state index is 12.8. The van der Waals surface area contributed by atoms with E-state index in [0.717, 1.165) is 24.3 Å². The summed E-state index contributed by atoms with van der Waals surface area (Å²) in [5.41, 5.74) is 2.13. The fourth-order valence-electron chi connectivity index (χ4n) is 3.40. The molecule has 27 heavy (non-hydrogen) atoms. The first-order valence-electron chi connectivity index (χ1n) is 9.65. The molecular weight excluding hydrogens is 338 g/mol. The zero-order valence-electron chi connectivity index (χ0n) is 16.3. The van der Waals surface area contributed by atoms with E-state index >= 15 is 0 Å². The molecule has 1 atom stereocenters. The summed E-state index contributed by atoms with van der Waals surface area (Å²) in [5, 5.41) is 0. The molecule has 0 bridgehead atoms. The van der Waals surface area contributed by atoms with Crippen LogP contribution in [-0.4, -0.2) is 53.0 Å². The van der Waals surface area contributed by atoms with Crippen molar-refractivity contribution in [3.63, 3.8) is 0 Å². The second kappa shape index (κ2) is 9.62. The first-order chi connectivity index (χ1) is 13.1. The molecule has 0 aliphatic carbocycles. The number of rotatable bonds is 7. The number of amides is 1. The molecule has 0 saturated carbocycles. The Bertz CT molecular complexity index is 706. The molecule has 0 spiro atoms. The molecule has 1 saturated heterocycles. The molecule has 1 unspecified atom stereocenters. The van der Waals surface area contributed by atoms with Crippen LogP contribution in [0.25, 0.3) is 0 Å². The van der Waals surface area contributed by atoms with Crippen LogP contribution in [-0.2, 0) is 22.7 Å². The second-order valence-electron chi connectivity index (χ2n) is 7.60. The molecule has 1 aromatic heterocycles. The van der Waals surface area contributed by atoms with E-state index in [1.54, 1.807) is 6.20 Å². The quantitative estimate of drug-likeness (QED) is 0.755. The molecule has 0 N–H and O–H groups in total. The van der Waals surface area contributed by atoms with Gasteiger partial charge in [0.1, 0.15) is 0 Å². The van der Waals surface area contributed by atoms with E-state index in [0.29, 0.717) is 32.2 Å². The van der Waals surface area contributed by atoms with Crippen molar-refractivity contribution in [1.29, 1.82) is 0 Å². The van der Waals surface area contributed by atoms with Gasteiger partial charge in [0, 0.05) is 32.4 Å². The normalized spacial score (nSPS) is 18.7. The van der Waals surface area contributed by atoms with Gasteiger partial charge >= 0.3 is 0 Å². The largest absolute Gasteiger partial charge is 0.370 e. The fraction of sp³-hybridized carbons (Fsp3) is 0.455. The van der Waals surface area contributed by atoms with E-state index in [1.807, 2.05) is 41.3 Å². The summed E-state index contributed by atoms with van der Waals surface area (Å²) in [5.74, 6) is 0.608. The summed E-state index contributed by atoms with van der Waals surface area (Å²) in [6.07, 6.45) is 1.78. The SMILES string of the molecule is CC(C)CN1CC(OCc2ccccc2)CN(Cc2ccccn2)CC1=O. The Morgan fingerprint density at radius 2 is 1.89 bits per heavy atom. The lowest BCUT2D eigenvalue weighted by Gasteiger charge is -2.26. The van der Waals surface area contributed by atoms with Crippen molar-refractivity contribution >= 4 is 5.91 Å². The molecule has 3 rings (SSSR count). The van der Waals surface area contributed by atoms with Crippen LogP contribution in [0.15, 0.2) is 54.7 Å². The van der Waals surface area contributed by atoms with Crippen LogP contribution in [0.2, 0.25) is 0 Å². The van der Waals surface area contributed by atoms with Crippen LogP contribution in [0, 0.1) is 5.92 Å². The molecule has 2 aromatic rings. The van der Waals surface area contributed by atoms with Crippen LogP contribution < -0.4 is 0 Å². The zero-order chi connectivity index (χ0) is 19.1. The van der Waals surface area contributed by atoms with Gasteiger partial charge in [-0.25, -0.2) is 0 Å². The smallest absolute Gasteiger partial charge is 0.236 e. The van der Waals surface area contributed by atoms with Gasteiger partial charge in [-0.05, 0) is 23.6 Å². The minimum Gasteiger partial charge on any atom is -0.370 e. The number of hydrogen-bond acceptors (Lipinski definition) is 4. The maximum absolute atomic E-state index is 12.8. The van der Waals surface area contributed by atoms with Gasteiger partial charge in [0.25, 0.3) is 0 Å². The van der Waals surface area contributed by atoms with Gasteiger partial charge in [-0.1, -0.05) is 50.2 Å². The Morgan fingerprint density at radius 1 is 1.11 bits per heavy atom. The van der Waals surface area contributed by atoms with Crippen molar-refractivity contribution in [3.8, 4) is 0 Å². The molecule has 1 aliphatic rings. The van der Waals surface area contributed by atoms with Crippen molar-refractivity contribution < 1.29 is 9.53 Å². The molecule has 1 aromatic carbocycles. The van der Waals surface area contributed by atoms with Crippen molar-refractivity contribution in [2.45, 2.75) is 33.1 Å². The first-order valence-corrected chi connectivity index (χ1v) is 9.65. The molecule has 144 valence electrons. The fourth-order valence-corrected chi connectivity index (χ4v) is 3.40. The number of benzene rings is 1. The third kappa shape index (κ3) is 6.15. The zero-order valence-corrected chi connectivity index (χ0v) is 16.3. The van der Waals surface area contributed by atoms with Gasteiger partial charge < -0.3 is 9.64 Å². The van der Waals surface area contributed by atoms with Crippen LogP contribution in [0.3, 0.4) is 0 Å². The highest BCUT2D eigenvalue weighted by Gasteiger charge is 2.28. The van der Waals surface area contributed by atoms with E-state index in [9.17, 15) is 4.79 Å². The highest BCUT2D eigenvalue weighted by molar-refractivity contribution is 5.78. The molecule has 2 heterocycles. The predicted molar refractivity (Wildman–Crippen MR) is 106 cm³/mol. The predicted octanol–water partition coefficient (Wildman–Crippen LogP) is 2.97. The maximum Gasteiger partial charge on any atom is 0.236 e. The van der Waals surface area contributed by atoms with Gasteiger partial charge in [0.2, 0.25) is 5.91 Å². The lowest BCUT2D eigenvalue weighted by Crippen LogP contribution is -2.40. The van der Waals surface area contributed by atoms with Crippen molar-refractivity contribution in [1.82, 2.24) is 14.8 Å². The summed E-state index contributed by atoms with van der Waals surface area (Å²) < 4.78 is 6.22. The average molecular weight is 367 g/mol. The number of ether oxygens (including phenoxy) is 1. The standard InChI is InChI=1S/C22H29N3O2/c1-18(2)12-25-15-21(27-17-19-8-4-3-5-9-19)14-24(16-22(25)26)13-20-10-6-7-11-23-20/h3-11,18,21H,12-17H2,1-2H3. The highest BCUT2D eigenvalue weighted by Crippen LogP contribution is 2.14. The monoisotopic (exact) mass is 367 g/mol. The van der Waals surface area contributed by atoms with E-state index in [4.69, 9.17) is 4.74 Å². The van der Waals surface area contributed by atoms with Gasteiger partial charge in [-0.2, -0.15) is 0 Å². The van der Waals surface area contributed by atoms with Crippen molar-refractivity contribution in [2.75, 3.05) is 26.2 Å². The van der Waals surface area contributed by atoms with E-state index in [2.05, 4.69) is 35.9 Å². The van der Waals surface area contributed by atoms with Gasteiger partial charge in [0.05, 0.1) is 24.9 Å². The highest BCUT2D eigenvalue weighted by atomic mass is 16.5. The molecule has 1 amide bonds. The number of aromatic nitrogens is 1. The topological polar surface area (TPSA) is 45.7 Å². The summed E-state index contributed by atoms with van der Waals surface area (Å²) in [7, 11) is 0. The Hall–Kier alpha value is -2.24. The Kier molecular flexibility index (Phi) is 6.96. The average Bonchev–Trinajstić information content (AvgIpc) is 2.80. The van der Waals surface area contributed by atoms with Crippen LogP contribution in [0.5, 0.6) is 0 Å². The summed E-state index contributed by atoms with van der Waals surface area (Å²) >= 11 is 0. The molecule has 0 radical (unpaired) electrons. The van der Waals surface area contributed by atoms with E-state index < -0.39 is 0 Å². The molecule has 5 nitrogen and oxygen atoms in total. The van der Waals surface area contributed by atoms with Crippen LogP contribution in [0.4, 0.5) is 0 Å². The third-order valence-corrected chi connectivity index (χ3v) is 4.62. The number of pyridine rings is 1. The Labute approximate surface area is 162 Å². The molecule has 1 fully saturated rings. The third-order valence-electron chi connectivity index (χ3n) is 4.62. The minimum atomic E-state index is -0.0147. The summed E-state index contributed by atoms with van der Waals surface area (Å²) in [4.78, 5) is 21.3. The minimum absolute atomic E-state index is 0.0147. The molecule has 1 aliphatic heterocycles. The van der Waals surface area contributed by atoms with Crippen LogP contribution >= 0.6 is 0 Å². The lowest BCUT2D eigenvalue weighted by molar-refractivity contribution is -0.132. The van der Waals surface area contributed by atoms with E-state index in [-0.39, 0.29) is 12.0 Å². The lowest BCUT2D eigenvalue weighted by atomic mass is 10.2. The number of carbonyl (C=O) groups is 1. The van der Waals surface area contributed by atoms with Crippen LogP contribution in [0.1, 0.15) is 25.1 Å². The molecule has 5 heteroatoms. The van der Waals surface area contributed by atoms with Gasteiger partial charge in [0.15, 0.2) is 0 Å². The Balaban J connectivity index is 1.69.